The van der Waals surface area contributed by atoms with E-state index < -0.39 is 12.7 Å². The van der Waals surface area contributed by atoms with Crippen LogP contribution in [-0.4, -0.2) is 60.9 Å². The molecule has 36 heavy (non-hydrogen) atoms. The summed E-state index contributed by atoms with van der Waals surface area (Å²) in [5.74, 6) is 1.67. The molecule has 2 N–H and O–H groups in total. The van der Waals surface area contributed by atoms with Gasteiger partial charge in [-0.15, -0.1) is 10.2 Å². The van der Waals surface area contributed by atoms with Crippen LogP contribution in [0.1, 0.15) is 27.7 Å². The lowest BCUT2D eigenvalue weighted by atomic mass is 9.97. The maximum atomic E-state index is 13.1. The number of hydrogen-bond donors (Lipinski definition) is 1. The Morgan fingerprint density at radius 1 is 1.17 bits per heavy atom. The Morgan fingerprint density at radius 2 is 2.00 bits per heavy atom. The third-order valence-corrected chi connectivity index (χ3v) is 6.83. The molecule has 1 atom stereocenters. The summed E-state index contributed by atoms with van der Waals surface area (Å²) in [6, 6.07) is 13.4. The molecule has 5 aromatic rings. The van der Waals surface area contributed by atoms with Crippen molar-refractivity contribution in [2.75, 3.05) is 19.8 Å². The topological polar surface area (TPSA) is 108 Å². The number of nitrogens with zero attached hydrogens (tertiary/aromatic N) is 6. The van der Waals surface area contributed by atoms with Gasteiger partial charge in [0, 0.05) is 43.5 Å². The van der Waals surface area contributed by atoms with Crippen LogP contribution in [0.25, 0.3) is 33.5 Å². The lowest BCUT2D eigenvalue weighted by Crippen LogP contribution is -2.45. The molecule has 0 radical (unpaired) electrons. The molecule has 0 saturated heterocycles. The zero-order valence-electron chi connectivity index (χ0n) is 20.1. The number of para-hydroxylation sites is 1. The lowest BCUT2D eigenvalue weighted by Gasteiger charge is -2.30. The number of nitrogens with two attached hydrogens (primary N) is 1. The van der Waals surface area contributed by atoms with Gasteiger partial charge >= 0.3 is 0 Å². The van der Waals surface area contributed by atoms with E-state index in [0.717, 1.165) is 39.0 Å². The summed E-state index contributed by atoms with van der Waals surface area (Å²) in [4.78, 5) is 19.7. The number of hydrogen-bond acceptors (Lipinski definition) is 6. The molecule has 6 rings (SSSR count). The zero-order chi connectivity index (χ0) is 25.0. The van der Waals surface area contributed by atoms with Crippen molar-refractivity contribution >= 4 is 27.8 Å². The van der Waals surface area contributed by atoms with Crippen LogP contribution in [0.3, 0.4) is 0 Å². The molecular weight excluding hydrogens is 461 g/mol. The van der Waals surface area contributed by atoms with Crippen LogP contribution < -0.4 is 5.73 Å². The maximum absolute atomic E-state index is 13.1. The fourth-order valence-electron chi connectivity index (χ4n) is 5.05. The largest absolute Gasteiger partial charge is 0.424 e. The monoisotopic (exact) mass is 487 g/mol. The Labute approximate surface area is 206 Å². The number of imidazole rings is 1. The van der Waals surface area contributed by atoms with Gasteiger partial charge < -0.3 is 24.2 Å². The van der Waals surface area contributed by atoms with Gasteiger partial charge in [0.1, 0.15) is 13.2 Å². The lowest BCUT2D eigenvalue weighted by molar-refractivity contribution is 0.0725. The second kappa shape index (κ2) is 8.56. The SMILES string of the molecule is Cc1nnc(Cn2c(-c3nc4cc5c(cc4n3C)CCN(C[C@H](N)CF)C5=O)cc3ccccc32)o1. The fourth-order valence-corrected chi connectivity index (χ4v) is 5.05. The Morgan fingerprint density at radius 3 is 2.78 bits per heavy atom. The zero-order valence-corrected chi connectivity index (χ0v) is 20.1. The van der Waals surface area contributed by atoms with E-state index in [-0.39, 0.29) is 12.5 Å². The predicted molar refractivity (Wildman–Crippen MR) is 133 cm³/mol. The van der Waals surface area contributed by atoms with E-state index in [9.17, 15) is 9.18 Å². The fraction of sp³-hybridized carbons (Fsp3) is 0.308. The number of fused-ring (bicyclic) bond motifs is 3. The van der Waals surface area contributed by atoms with Crippen LogP contribution in [0.5, 0.6) is 0 Å². The number of halogens is 1. The molecule has 2 aromatic carbocycles. The van der Waals surface area contributed by atoms with Crippen molar-refractivity contribution in [2.45, 2.75) is 25.9 Å². The van der Waals surface area contributed by atoms with E-state index in [4.69, 9.17) is 15.1 Å². The molecule has 0 fully saturated rings. The van der Waals surface area contributed by atoms with Gasteiger partial charge in [-0.3, -0.25) is 4.79 Å². The van der Waals surface area contributed by atoms with E-state index in [1.165, 1.54) is 0 Å². The van der Waals surface area contributed by atoms with Gasteiger partial charge in [-0.2, -0.15) is 0 Å². The number of carbonyl (C=O) groups is 1. The Hall–Kier alpha value is -4.05. The molecule has 10 heteroatoms. The summed E-state index contributed by atoms with van der Waals surface area (Å²) in [5, 5.41) is 9.22. The first-order valence-corrected chi connectivity index (χ1v) is 11.9. The normalized spacial score (nSPS) is 14.7. The van der Waals surface area contributed by atoms with Gasteiger partial charge in [-0.25, -0.2) is 9.37 Å². The van der Waals surface area contributed by atoms with Gasteiger partial charge in [0.05, 0.1) is 22.8 Å². The summed E-state index contributed by atoms with van der Waals surface area (Å²) in [5.41, 5.74) is 10.9. The van der Waals surface area contributed by atoms with Crippen LogP contribution in [0.15, 0.2) is 46.9 Å². The van der Waals surface area contributed by atoms with Gasteiger partial charge in [0.25, 0.3) is 5.91 Å². The number of carbonyl (C=O) groups excluding carboxylic acids is 1. The van der Waals surface area contributed by atoms with E-state index in [0.29, 0.717) is 36.9 Å². The third-order valence-electron chi connectivity index (χ3n) is 6.83. The van der Waals surface area contributed by atoms with Crippen LogP contribution in [0.2, 0.25) is 0 Å². The van der Waals surface area contributed by atoms with Gasteiger partial charge in [0.15, 0.2) is 5.82 Å². The third kappa shape index (κ3) is 3.65. The van der Waals surface area contributed by atoms with Crippen molar-refractivity contribution in [1.82, 2.24) is 29.2 Å². The Kier molecular flexibility index (Phi) is 5.33. The molecule has 4 heterocycles. The van der Waals surface area contributed by atoms with Crippen molar-refractivity contribution in [3.8, 4) is 11.5 Å². The van der Waals surface area contributed by atoms with Gasteiger partial charge in [-0.1, -0.05) is 18.2 Å². The highest BCUT2D eigenvalue weighted by molar-refractivity contribution is 6.00. The number of rotatable bonds is 6. The number of amides is 1. The Bertz CT molecular complexity index is 1620. The van der Waals surface area contributed by atoms with Crippen LogP contribution in [-0.2, 0) is 20.0 Å². The summed E-state index contributed by atoms with van der Waals surface area (Å²) >= 11 is 0. The molecule has 1 aliphatic heterocycles. The van der Waals surface area contributed by atoms with E-state index >= 15 is 0 Å². The summed E-state index contributed by atoms with van der Waals surface area (Å²) < 4.78 is 22.8. The first kappa shape index (κ1) is 22.4. The van der Waals surface area contributed by atoms with Crippen molar-refractivity contribution in [2.24, 2.45) is 12.8 Å². The van der Waals surface area contributed by atoms with Crippen LogP contribution in [0, 0.1) is 6.92 Å². The van der Waals surface area contributed by atoms with Crippen molar-refractivity contribution in [3.05, 3.63) is 65.4 Å². The second-order valence-corrected chi connectivity index (χ2v) is 9.30. The molecule has 3 aromatic heterocycles. The Balaban J connectivity index is 1.46. The highest BCUT2D eigenvalue weighted by Gasteiger charge is 2.28. The number of aromatic nitrogens is 5. The summed E-state index contributed by atoms with van der Waals surface area (Å²) in [6.07, 6.45) is 0.688. The van der Waals surface area contributed by atoms with E-state index in [2.05, 4.69) is 37.5 Å². The minimum atomic E-state index is -0.676. The van der Waals surface area contributed by atoms with Crippen molar-refractivity contribution in [1.29, 1.82) is 0 Å². The standard InChI is InChI=1S/C26H26FN7O2/c1-15-30-31-24(36-15)14-34-21-6-4-3-5-17(21)10-23(34)25-29-20-11-19-16(9-22(20)32(25)2)7-8-33(26(19)35)13-18(28)12-27/h3-6,9-11,18H,7-8,12-14,28H2,1-2H3/t18-/m1/s1. The van der Waals surface area contributed by atoms with Gasteiger partial charge in [-0.05, 0) is 36.2 Å². The van der Waals surface area contributed by atoms with Gasteiger partial charge in [0.2, 0.25) is 11.8 Å². The number of benzene rings is 2. The average Bonchev–Trinajstić information content (AvgIpc) is 3.55. The minimum Gasteiger partial charge on any atom is -0.424 e. The number of alkyl halides is 1. The first-order chi connectivity index (χ1) is 17.4. The van der Waals surface area contributed by atoms with E-state index in [1.807, 2.05) is 31.3 Å². The number of aryl methyl sites for hydroxylation is 2. The highest BCUT2D eigenvalue weighted by Crippen LogP contribution is 2.32. The predicted octanol–water partition coefficient (Wildman–Crippen LogP) is 3.23. The molecule has 1 amide bonds. The summed E-state index contributed by atoms with van der Waals surface area (Å²) in [7, 11) is 1.98. The minimum absolute atomic E-state index is 0.130. The van der Waals surface area contributed by atoms with E-state index in [1.54, 1.807) is 11.8 Å². The molecule has 0 bridgehead atoms. The average molecular weight is 488 g/mol. The molecule has 9 nitrogen and oxygen atoms in total. The second-order valence-electron chi connectivity index (χ2n) is 9.30. The molecule has 0 spiro atoms. The molecule has 184 valence electrons. The molecule has 0 saturated carbocycles. The molecule has 0 unspecified atom stereocenters. The van der Waals surface area contributed by atoms with Crippen LogP contribution in [0.4, 0.5) is 4.39 Å². The highest BCUT2D eigenvalue weighted by atomic mass is 19.1. The molecular formula is C26H26FN7O2. The smallest absolute Gasteiger partial charge is 0.254 e. The maximum Gasteiger partial charge on any atom is 0.254 e. The quantitative estimate of drug-likeness (QED) is 0.394. The summed E-state index contributed by atoms with van der Waals surface area (Å²) in [6.45, 7) is 2.25. The van der Waals surface area contributed by atoms with Crippen molar-refractivity contribution in [3.63, 3.8) is 0 Å². The van der Waals surface area contributed by atoms with Crippen LogP contribution >= 0.6 is 0 Å². The first-order valence-electron chi connectivity index (χ1n) is 11.9. The molecule has 1 aliphatic rings. The van der Waals surface area contributed by atoms with Crippen molar-refractivity contribution < 1.29 is 13.6 Å². The molecule has 0 aliphatic carbocycles.